The van der Waals surface area contributed by atoms with Crippen LogP contribution in [0.3, 0.4) is 0 Å². The fourth-order valence-electron chi connectivity index (χ4n) is 1.04. The van der Waals surface area contributed by atoms with Gasteiger partial charge in [0.05, 0.1) is 0 Å². The Kier molecular flexibility index (Phi) is 7.12. The number of hydrogen-bond acceptors (Lipinski definition) is 1. The van der Waals surface area contributed by atoms with Crippen molar-refractivity contribution in [3.63, 3.8) is 0 Å². The average Bonchev–Trinajstić information content (AvgIpc) is 1.84. The van der Waals surface area contributed by atoms with E-state index in [2.05, 4.69) is 24.0 Å². The topological polar surface area (TPSA) is 12.9 Å². The van der Waals surface area contributed by atoms with E-state index < -0.39 is 16.5 Å². The van der Waals surface area contributed by atoms with Crippen LogP contribution in [0.1, 0.15) is 17.0 Å². The number of aryl methyl sites for hydroxylation is 3. The Morgan fingerprint density at radius 1 is 1.08 bits per heavy atom. The molecule has 0 radical (unpaired) electrons. The van der Waals surface area contributed by atoms with E-state index in [4.69, 9.17) is 18.8 Å². The third-order valence-electron chi connectivity index (χ3n) is 1.23. The average molecular weight is 387 g/mol. The molecule has 0 atom stereocenters. The van der Waals surface area contributed by atoms with E-state index in [0.29, 0.717) is 0 Å². The third kappa shape index (κ3) is 5.99. The number of pyridine rings is 1. The molecule has 0 saturated carbocycles. The molecule has 0 aromatic carbocycles. The van der Waals surface area contributed by atoms with Crippen molar-refractivity contribution in [2.24, 2.45) is 0 Å². The summed E-state index contributed by atoms with van der Waals surface area (Å²) in [5.74, 6) is 0. The van der Waals surface area contributed by atoms with Gasteiger partial charge in [-0.15, -0.1) is 0 Å². The van der Waals surface area contributed by atoms with Crippen LogP contribution in [0.5, 0.6) is 0 Å². The van der Waals surface area contributed by atoms with Gasteiger partial charge in [-0.25, -0.2) is 0 Å². The van der Waals surface area contributed by atoms with Crippen molar-refractivity contribution in [2.75, 3.05) is 0 Å². The normalized spacial score (nSPS) is 9.08. The fourth-order valence-corrected chi connectivity index (χ4v) is 1.04. The molecule has 1 aromatic rings. The minimum atomic E-state index is -0.472. The van der Waals surface area contributed by atoms with Gasteiger partial charge in [-0.3, -0.25) is 4.98 Å². The quantitative estimate of drug-likeness (QED) is 0.665. The predicted molar refractivity (Wildman–Crippen MR) is 50.2 cm³/mol. The van der Waals surface area contributed by atoms with Crippen molar-refractivity contribution in [2.45, 2.75) is 20.8 Å². The summed E-state index contributed by atoms with van der Waals surface area (Å²) in [7, 11) is 9.75. The Labute approximate surface area is 89.9 Å². The van der Waals surface area contributed by atoms with Crippen LogP contribution >= 0.6 is 18.8 Å². The van der Waals surface area contributed by atoms with Crippen molar-refractivity contribution in [1.29, 1.82) is 0 Å². The summed E-state index contributed by atoms with van der Waals surface area (Å²) in [6.07, 6.45) is 0. The van der Waals surface area contributed by atoms with E-state index in [1.54, 1.807) is 0 Å². The van der Waals surface area contributed by atoms with Gasteiger partial charge in [0, 0.05) is 11.4 Å². The molecule has 0 spiro atoms. The van der Waals surface area contributed by atoms with E-state index in [-0.39, 0.29) is 0 Å². The van der Waals surface area contributed by atoms with E-state index in [1.807, 2.05) is 13.8 Å². The second-order valence-corrected chi connectivity index (χ2v) is 5.76. The number of rotatable bonds is 0. The molecular weight excluding hydrogens is 376 g/mol. The summed E-state index contributed by atoms with van der Waals surface area (Å²) < 4.78 is 0. The summed E-state index contributed by atoms with van der Waals surface area (Å²) in [4.78, 5) is 4.23. The number of nitrogens with zero attached hydrogens (tertiary/aromatic N) is 1. The molecule has 72 valence electrons. The summed E-state index contributed by atoms with van der Waals surface area (Å²) in [6.45, 7) is 6.11. The van der Waals surface area contributed by atoms with Crippen LogP contribution in [0.25, 0.3) is 0 Å². The molecule has 1 nitrogen and oxygen atoms in total. The predicted octanol–water partition coefficient (Wildman–Crippen LogP) is 3.38. The third-order valence-corrected chi connectivity index (χ3v) is 1.23. The van der Waals surface area contributed by atoms with Crippen LogP contribution in [0.4, 0.5) is 0 Å². The zero-order chi connectivity index (χ0) is 9.56. The first-order chi connectivity index (χ1) is 5.60. The monoisotopic (exact) mass is 386 g/mol. The molecule has 0 N–H and O–H groups in total. The van der Waals surface area contributed by atoms with Gasteiger partial charge >= 0.3 is 35.3 Å². The van der Waals surface area contributed by atoms with Crippen molar-refractivity contribution < 1.29 is 16.5 Å². The number of aromatic nitrogens is 1. The first-order valence-corrected chi connectivity index (χ1v) is 8.97. The molecule has 4 heteroatoms. The molecule has 1 aromatic heterocycles. The molecule has 0 amide bonds. The van der Waals surface area contributed by atoms with Crippen molar-refractivity contribution in [1.82, 2.24) is 4.98 Å². The van der Waals surface area contributed by atoms with E-state index >= 15 is 0 Å². The maximum atomic E-state index is 4.88. The van der Waals surface area contributed by atoms with Gasteiger partial charge in [0.2, 0.25) is 0 Å². The Morgan fingerprint density at radius 2 is 1.42 bits per heavy atom. The van der Waals surface area contributed by atoms with E-state index in [0.717, 1.165) is 11.4 Å². The molecule has 0 aliphatic heterocycles. The summed E-state index contributed by atoms with van der Waals surface area (Å²) in [5, 5.41) is 0. The minimum absolute atomic E-state index is 0.472. The Bertz CT molecular complexity index is 190. The van der Waals surface area contributed by atoms with Crippen molar-refractivity contribution in [3.8, 4) is 0 Å². The maximum absolute atomic E-state index is 4.88. The molecule has 1 rings (SSSR count). The second-order valence-electron chi connectivity index (χ2n) is 2.47. The van der Waals surface area contributed by atoms with Crippen molar-refractivity contribution >= 4 is 18.8 Å². The second kappa shape index (κ2) is 6.88. The molecule has 0 saturated heterocycles. The summed E-state index contributed by atoms with van der Waals surface area (Å²) in [5.41, 5.74) is 3.50. The summed E-state index contributed by atoms with van der Waals surface area (Å²) in [6, 6.07) is 4.15. The van der Waals surface area contributed by atoms with Crippen molar-refractivity contribution in [3.05, 3.63) is 29.1 Å². The van der Waals surface area contributed by atoms with Gasteiger partial charge in [0.25, 0.3) is 0 Å². The van der Waals surface area contributed by atoms with E-state index in [9.17, 15) is 0 Å². The molecule has 12 heavy (non-hydrogen) atoms. The van der Waals surface area contributed by atoms with Gasteiger partial charge < -0.3 is 0 Å². The van der Waals surface area contributed by atoms with Crippen LogP contribution in [-0.2, 0) is 16.5 Å². The molecule has 0 bridgehead atoms. The number of hydrogen-bond donors (Lipinski definition) is 0. The van der Waals surface area contributed by atoms with E-state index in [1.165, 1.54) is 5.56 Å². The SMILES string of the molecule is Cc1cc(C)nc(C)c1.[Cl][Pt][Cl]. The molecule has 0 aliphatic rings. The zero-order valence-electron chi connectivity index (χ0n) is 7.17. The molecule has 1 heterocycles. The first kappa shape index (κ1) is 12.4. The van der Waals surface area contributed by atoms with Gasteiger partial charge in [-0.1, -0.05) is 0 Å². The fraction of sp³-hybridized carbons (Fsp3) is 0.375. The van der Waals surface area contributed by atoms with Crippen LogP contribution in [0.15, 0.2) is 12.1 Å². The first-order valence-electron chi connectivity index (χ1n) is 3.34. The summed E-state index contributed by atoms with van der Waals surface area (Å²) >= 11 is -0.472. The van der Waals surface area contributed by atoms with Gasteiger partial charge in [0.15, 0.2) is 0 Å². The zero-order valence-corrected chi connectivity index (χ0v) is 11.0. The molecular formula is C8H11Cl2NPt. The van der Waals surface area contributed by atoms with Crippen LogP contribution in [0, 0.1) is 20.8 Å². The van der Waals surface area contributed by atoms with Gasteiger partial charge in [0.1, 0.15) is 0 Å². The van der Waals surface area contributed by atoms with Gasteiger partial charge in [-0.2, -0.15) is 0 Å². The Hall–Kier alpha value is 0.418. The molecule has 0 aliphatic carbocycles. The van der Waals surface area contributed by atoms with Crippen LogP contribution in [0.2, 0.25) is 0 Å². The Morgan fingerprint density at radius 3 is 1.67 bits per heavy atom. The number of halogens is 2. The molecule has 0 fully saturated rings. The molecule has 0 unspecified atom stereocenters. The van der Waals surface area contributed by atoms with Crippen LogP contribution in [-0.4, -0.2) is 4.98 Å². The van der Waals surface area contributed by atoms with Gasteiger partial charge in [-0.05, 0) is 38.5 Å². The Balaban J connectivity index is 0.000000354. The standard InChI is InChI=1S/C8H11N.2ClH.Pt/c1-6-4-7(2)9-8(3)5-6;;;/h4-5H,1-3H3;2*1H;/q;;;+2/p-2. The van der Waals surface area contributed by atoms with Crippen LogP contribution < -0.4 is 0 Å².